The molecule has 1 rings (SSSR count). The van der Waals surface area contributed by atoms with Crippen molar-refractivity contribution in [3.05, 3.63) is 18.5 Å². The predicted octanol–water partition coefficient (Wildman–Crippen LogP) is 1.21. The minimum Gasteiger partial charge on any atom is -0.465 e. The highest BCUT2D eigenvalue weighted by Crippen LogP contribution is 2.05. The van der Waals surface area contributed by atoms with Crippen LogP contribution in [0.4, 0.5) is 0 Å². The Balaban J connectivity index is 2.41. The first-order valence-corrected chi connectivity index (χ1v) is 4.93. The van der Waals surface area contributed by atoms with Crippen LogP contribution < -0.4 is 0 Å². The fourth-order valence-corrected chi connectivity index (χ4v) is 1.31. The lowest BCUT2D eigenvalue weighted by Crippen LogP contribution is -2.22. The van der Waals surface area contributed by atoms with E-state index in [4.69, 9.17) is 4.74 Å². The molecule has 1 aromatic heterocycles. The number of hydrogen-bond donors (Lipinski definition) is 0. The van der Waals surface area contributed by atoms with E-state index < -0.39 is 0 Å². The Morgan fingerprint density at radius 2 is 2.54 bits per heavy atom. The van der Waals surface area contributed by atoms with Gasteiger partial charge in [-0.3, -0.25) is 9.48 Å². The van der Waals surface area contributed by atoms with Gasteiger partial charge in [0.05, 0.1) is 13.2 Å². The van der Waals surface area contributed by atoms with Crippen molar-refractivity contribution >= 4 is 21.9 Å². The third-order valence-electron chi connectivity index (χ3n) is 1.45. The third kappa shape index (κ3) is 3.18. The summed E-state index contributed by atoms with van der Waals surface area (Å²) in [6.07, 6.45) is 3.47. The topological polar surface area (TPSA) is 44.1 Å². The molecule has 0 spiro atoms. The van der Waals surface area contributed by atoms with Crippen molar-refractivity contribution in [1.29, 1.82) is 0 Å². The van der Waals surface area contributed by atoms with E-state index in [1.54, 1.807) is 24.0 Å². The van der Waals surface area contributed by atoms with E-state index in [1.165, 1.54) is 0 Å². The summed E-state index contributed by atoms with van der Waals surface area (Å²) in [6, 6.07) is 1.81. The Morgan fingerprint density at radius 3 is 3.08 bits per heavy atom. The number of aromatic nitrogens is 2. The molecule has 0 amide bonds. The lowest BCUT2D eigenvalue weighted by atomic mass is 10.4. The summed E-state index contributed by atoms with van der Waals surface area (Å²) in [4.78, 5) is 10.8. The molecule has 0 fully saturated rings. The van der Waals surface area contributed by atoms with Crippen LogP contribution in [0.15, 0.2) is 18.5 Å². The summed E-state index contributed by atoms with van der Waals surface area (Å²) in [6.45, 7) is 2.68. The number of ether oxygens (including phenoxy) is 1. The molecule has 0 saturated heterocycles. The number of nitrogens with zero attached hydrogens (tertiary/aromatic N) is 2. The first kappa shape index (κ1) is 10.2. The number of carbonyl (C=O) groups is 1. The Morgan fingerprint density at radius 1 is 1.77 bits per heavy atom. The van der Waals surface area contributed by atoms with Crippen LogP contribution in [0, 0.1) is 0 Å². The van der Waals surface area contributed by atoms with E-state index in [2.05, 4.69) is 21.0 Å². The summed E-state index contributed by atoms with van der Waals surface area (Å²) < 4.78 is 6.50. The number of carbonyl (C=O) groups excluding carboxylic acids is 1. The van der Waals surface area contributed by atoms with Gasteiger partial charge in [0.25, 0.3) is 0 Å². The summed E-state index contributed by atoms with van der Waals surface area (Å²) in [5.74, 6) is -0.252. The summed E-state index contributed by atoms with van der Waals surface area (Å²) in [7, 11) is 0. The van der Waals surface area contributed by atoms with Gasteiger partial charge in [-0.25, -0.2) is 0 Å². The second-order valence-electron chi connectivity index (χ2n) is 2.45. The van der Waals surface area contributed by atoms with Crippen LogP contribution in [0.2, 0.25) is 0 Å². The van der Waals surface area contributed by atoms with E-state index in [0.29, 0.717) is 13.2 Å². The molecule has 1 unspecified atom stereocenters. The fourth-order valence-electron chi connectivity index (χ4n) is 0.880. The van der Waals surface area contributed by atoms with Gasteiger partial charge in [0, 0.05) is 12.4 Å². The van der Waals surface area contributed by atoms with Crippen molar-refractivity contribution in [2.45, 2.75) is 18.3 Å². The van der Waals surface area contributed by atoms with Crippen molar-refractivity contribution in [2.75, 3.05) is 6.61 Å². The summed E-state index contributed by atoms with van der Waals surface area (Å²) in [5.41, 5.74) is 0. The maximum Gasteiger partial charge on any atom is 0.321 e. The second-order valence-corrected chi connectivity index (χ2v) is 3.55. The smallest absolute Gasteiger partial charge is 0.321 e. The lowest BCUT2D eigenvalue weighted by molar-refractivity contribution is -0.142. The van der Waals surface area contributed by atoms with E-state index in [-0.39, 0.29) is 10.8 Å². The summed E-state index contributed by atoms with van der Waals surface area (Å²) >= 11 is 3.23. The van der Waals surface area contributed by atoms with Gasteiger partial charge >= 0.3 is 5.97 Å². The fraction of sp³-hybridized carbons (Fsp3) is 0.500. The standard InChI is InChI=1S/C8H11BrN2O2/c1-2-13-8(12)7(9)6-11-5-3-4-10-11/h3-5,7H,2,6H2,1H3. The molecule has 0 aliphatic carbocycles. The molecule has 0 radical (unpaired) electrons. The number of alkyl halides is 1. The van der Waals surface area contributed by atoms with Gasteiger partial charge in [0.2, 0.25) is 0 Å². The predicted molar refractivity (Wildman–Crippen MR) is 51.6 cm³/mol. The maximum absolute atomic E-state index is 11.2. The molecule has 4 nitrogen and oxygen atoms in total. The van der Waals surface area contributed by atoms with Gasteiger partial charge in [-0.05, 0) is 13.0 Å². The van der Waals surface area contributed by atoms with Crippen LogP contribution in [0.25, 0.3) is 0 Å². The van der Waals surface area contributed by atoms with Crippen LogP contribution in [-0.2, 0) is 16.1 Å². The first-order valence-electron chi connectivity index (χ1n) is 4.02. The van der Waals surface area contributed by atoms with E-state index >= 15 is 0 Å². The highest BCUT2D eigenvalue weighted by atomic mass is 79.9. The average molecular weight is 247 g/mol. The van der Waals surface area contributed by atoms with Gasteiger partial charge in [0.1, 0.15) is 4.83 Å². The van der Waals surface area contributed by atoms with Gasteiger partial charge < -0.3 is 4.74 Å². The van der Waals surface area contributed by atoms with Crippen LogP contribution in [0.5, 0.6) is 0 Å². The van der Waals surface area contributed by atoms with E-state index in [1.807, 2.05) is 6.07 Å². The van der Waals surface area contributed by atoms with Crippen molar-refractivity contribution in [2.24, 2.45) is 0 Å². The Labute approximate surface area is 85.0 Å². The zero-order valence-electron chi connectivity index (χ0n) is 7.31. The number of esters is 1. The number of halogens is 1. The first-order chi connectivity index (χ1) is 6.24. The van der Waals surface area contributed by atoms with Gasteiger partial charge in [-0.1, -0.05) is 15.9 Å². The summed E-state index contributed by atoms with van der Waals surface area (Å²) in [5, 5.41) is 3.98. The molecule has 0 aromatic carbocycles. The minimum absolute atomic E-state index is 0.252. The van der Waals surface area contributed by atoms with Gasteiger partial charge in [-0.2, -0.15) is 5.10 Å². The molecule has 1 aromatic rings. The molecule has 13 heavy (non-hydrogen) atoms. The molecule has 72 valence electrons. The van der Waals surface area contributed by atoms with Crippen molar-refractivity contribution in [3.8, 4) is 0 Å². The second kappa shape index (κ2) is 5.01. The molecule has 0 bridgehead atoms. The molecular weight excluding hydrogens is 236 g/mol. The largest absolute Gasteiger partial charge is 0.465 e. The lowest BCUT2D eigenvalue weighted by Gasteiger charge is -2.08. The molecule has 5 heteroatoms. The molecule has 0 aliphatic heterocycles. The quantitative estimate of drug-likeness (QED) is 0.593. The maximum atomic E-state index is 11.2. The zero-order chi connectivity index (χ0) is 9.68. The molecule has 0 aliphatic rings. The highest BCUT2D eigenvalue weighted by Gasteiger charge is 2.16. The molecule has 1 atom stereocenters. The van der Waals surface area contributed by atoms with Crippen LogP contribution in [0.3, 0.4) is 0 Å². The van der Waals surface area contributed by atoms with Crippen LogP contribution >= 0.6 is 15.9 Å². The number of hydrogen-bond acceptors (Lipinski definition) is 3. The highest BCUT2D eigenvalue weighted by molar-refractivity contribution is 9.10. The minimum atomic E-state index is -0.327. The molecular formula is C8H11BrN2O2. The normalized spacial score (nSPS) is 12.5. The SMILES string of the molecule is CCOC(=O)C(Br)Cn1cccn1. The van der Waals surface area contributed by atoms with Crippen LogP contribution in [0.1, 0.15) is 6.92 Å². The Kier molecular flexibility index (Phi) is 3.95. The van der Waals surface area contributed by atoms with Crippen molar-refractivity contribution in [1.82, 2.24) is 9.78 Å². The Bertz CT molecular complexity index is 261. The third-order valence-corrected chi connectivity index (χ3v) is 2.11. The van der Waals surface area contributed by atoms with E-state index in [9.17, 15) is 4.79 Å². The molecule has 0 N–H and O–H groups in total. The van der Waals surface area contributed by atoms with Gasteiger partial charge in [0.15, 0.2) is 0 Å². The van der Waals surface area contributed by atoms with Crippen molar-refractivity contribution < 1.29 is 9.53 Å². The monoisotopic (exact) mass is 246 g/mol. The Hall–Kier alpha value is -0.840. The number of rotatable bonds is 4. The molecule has 1 heterocycles. The van der Waals surface area contributed by atoms with Crippen LogP contribution in [-0.4, -0.2) is 27.2 Å². The average Bonchev–Trinajstić information content (AvgIpc) is 2.57. The zero-order valence-corrected chi connectivity index (χ0v) is 8.90. The van der Waals surface area contributed by atoms with Crippen molar-refractivity contribution in [3.63, 3.8) is 0 Å². The molecule has 0 saturated carbocycles. The van der Waals surface area contributed by atoms with Gasteiger partial charge in [-0.15, -0.1) is 0 Å². The van der Waals surface area contributed by atoms with E-state index in [0.717, 1.165) is 0 Å².